The van der Waals surface area contributed by atoms with Crippen molar-refractivity contribution in [3.63, 3.8) is 0 Å². The Morgan fingerprint density at radius 2 is 2.22 bits per heavy atom. The molecule has 1 unspecified atom stereocenters. The molecule has 0 bridgehead atoms. The quantitative estimate of drug-likeness (QED) is 0.610. The molecule has 0 amide bonds. The lowest BCUT2D eigenvalue weighted by Crippen LogP contribution is -2.22. The van der Waals surface area contributed by atoms with Gasteiger partial charge >= 0.3 is 0 Å². The van der Waals surface area contributed by atoms with Gasteiger partial charge in [-0.1, -0.05) is 19.1 Å². The van der Waals surface area contributed by atoms with Crippen LogP contribution in [-0.4, -0.2) is 23.5 Å². The highest BCUT2D eigenvalue weighted by Gasteiger charge is 2.10. The van der Waals surface area contributed by atoms with Crippen LogP contribution < -0.4 is 5.32 Å². The molecule has 0 spiro atoms. The molecular formula is C13H20N2O2S. The monoisotopic (exact) mass is 268 g/mol. The van der Waals surface area contributed by atoms with Crippen LogP contribution in [0.1, 0.15) is 18.1 Å². The number of hydrogen-bond acceptors (Lipinski definition) is 4. The van der Waals surface area contributed by atoms with E-state index in [1.54, 1.807) is 19.1 Å². The van der Waals surface area contributed by atoms with E-state index in [4.69, 9.17) is 0 Å². The Morgan fingerprint density at radius 1 is 1.50 bits per heavy atom. The smallest absolute Gasteiger partial charge is 0.272 e. The second-order valence-electron chi connectivity index (χ2n) is 4.57. The van der Waals surface area contributed by atoms with Gasteiger partial charge in [-0.3, -0.25) is 10.1 Å². The fraction of sp³-hybridized carbons (Fsp3) is 0.538. The average molecular weight is 268 g/mol. The third kappa shape index (κ3) is 4.66. The third-order valence-corrected chi connectivity index (χ3v) is 3.65. The SMILES string of the molecule is CSCC(C)CNCc1ccc(C)c([N+](=O)[O-])c1. The summed E-state index contributed by atoms with van der Waals surface area (Å²) < 4.78 is 0. The Balaban J connectivity index is 2.53. The summed E-state index contributed by atoms with van der Waals surface area (Å²) in [5.41, 5.74) is 1.87. The van der Waals surface area contributed by atoms with Crippen LogP contribution in [0.4, 0.5) is 5.69 Å². The van der Waals surface area contributed by atoms with E-state index in [0.29, 0.717) is 18.0 Å². The maximum atomic E-state index is 10.8. The Morgan fingerprint density at radius 3 is 2.83 bits per heavy atom. The molecule has 0 aromatic heterocycles. The Labute approximate surface area is 112 Å². The lowest BCUT2D eigenvalue weighted by atomic mass is 10.1. The molecule has 18 heavy (non-hydrogen) atoms. The van der Waals surface area contributed by atoms with Gasteiger partial charge in [0.1, 0.15) is 0 Å². The van der Waals surface area contributed by atoms with Crippen LogP contribution in [0.5, 0.6) is 0 Å². The van der Waals surface area contributed by atoms with E-state index in [2.05, 4.69) is 18.5 Å². The highest BCUT2D eigenvalue weighted by molar-refractivity contribution is 7.98. The highest BCUT2D eigenvalue weighted by atomic mass is 32.2. The van der Waals surface area contributed by atoms with Crippen molar-refractivity contribution in [2.45, 2.75) is 20.4 Å². The molecule has 4 nitrogen and oxygen atoms in total. The maximum Gasteiger partial charge on any atom is 0.272 e. The molecule has 0 fully saturated rings. The number of nitro groups is 1. The summed E-state index contributed by atoms with van der Waals surface area (Å²) in [4.78, 5) is 10.5. The van der Waals surface area contributed by atoms with E-state index in [0.717, 1.165) is 17.9 Å². The van der Waals surface area contributed by atoms with Crippen LogP contribution in [0.3, 0.4) is 0 Å². The lowest BCUT2D eigenvalue weighted by Gasteiger charge is -2.11. The Kier molecular flexibility index (Phi) is 6.15. The minimum Gasteiger partial charge on any atom is -0.312 e. The molecule has 1 N–H and O–H groups in total. The van der Waals surface area contributed by atoms with E-state index in [-0.39, 0.29) is 10.6 Å². The molecule has 1 aromatic carbocycles. The first kappa shape index (κ1) is 15.0. The van der Waals surface area contributed by atoms with Crippen LogP contribution in [0.2, 0.25) is 0 Å². The van der Waals surface area contributed by atoms with Gasteiger partial charge in [-0.2, -0.15) is 11.8 Å². The van der Waals surface area contributed by atoms with Gasteiger partial charge in [0.25, 0.3) is 5.69 Å². The molecule has 1 atom stereocenters. The van der Waals surface area contributed by atoms with E-state index >= 15 is 0 Å². The molecule has 0 aliphatic heterocycles. The number of benzene rings is 1. The van der Waals surface area contributed by atoms with Crippen LogP contribution in [0.15, 0.2) is 18.2 Å². The van der Waals surface area contributed by atoms with Crippen molar-refractivity contribution in [3.05, 3.63) is 39.4 Å². The molecule has 0 saturated heterocycles. The average Bonchev–Trinajstić information content (AvgIpc) is 2.31. The molecule has 5 heteroatoms. The van der Waals surface area contributed by atoms with Gasteiger partial charge < -0.3 is 5.32 Å². The minimum atomic E-state index is -0.324. The van der Waals surface area contributed by atoms with Crippen molar-refractivity contribution >= 4 is 17.4 Å². The van der Waals surface area contributed by atoms with Gasteiger partial charge in [0.15, 0.2) is 0 Å². The van der Waals surface area contributed by atoms with E-state index in [9.17, 15) is 10.1 Å². The van der Waals surface area contributed by atoms with Crippen LogP contribution in [0, 0.1) is 23.0 Å². The number of rotatable bonds is 7. The molecule has 100 valence electrons. The fourth-order valence-corrected chi connectivity index (χ4v) is 2.45. The van der Waals surface area contributed by atoms with Crippen LogP contribution >= 0.6 is 11.8 Å². The van der Waals surface area contributed by atoms with Crippen molar-refractivity contribution in [3.8, 4) is 0 Å². The first-order valence-electron chi connectivity index (χ1n) is 5.98. The van der Waals surface area contributed by atoms with Gasteiger partial charge in [-0.25, -0.2) is 0 Å². The largest absolute Gasteiger partial charge is 0.312 e. The van der Waals surface area contributed by atoms with Crippen LogP contribution in [-0.2, 0) is 6.54 Å². The summed E-state index contributed by atoms with van der Waals surface area (Å²) in [7, 11) is 0. The van der Waals surface area contributed by atoms with Crippen molar-refractivity contribution < 1.29 is 4.92 Å². The highest BCUT2D eigenvalue weighted by Crippen LogP contribution is 2.19. The van der Waals surface area contributed by atoms with E-state index < -0.39 is 0 Å². The zero-order valence-corrected chi connectivity index (χ0v) is 11.9. The van der Waals surface area contributed by atoms with Gasteiger partial charge in [-0.05, 0) is 37.0 Å². The standard InChI is InChI=1S/C13H20N2O2S/c1-10(9-18-3)7-14-8-12-5-4-11(2)13(6-12)15(16)17/h4-6,10,14H,7-9H2,1-3H3. The zero-order valence-electron chi connectivity index (χ0n) is 11.1. The molecule has 0 aliphatic rings. The number of nitrogens with one attached hydrogen (secondary N) is 1. The van der Waals surface area contributed by atoms with Gasteiger partial charge in [0, 0.05) is 18.2 Å². The molecule has 1 aromatic rings. The fourth-order valence-electron chi connectivity index (χ4n) is 1.77. The number of thioether (sulfide) groups is 1. The molecular weight excluding hydrogens is 248 g/mol. The number of nitro benzene ring substituents is 1. The molecule has 0 aliphatic carbocycles. The van der Waals surface area contributed by atoms with E-state index in [1.165, 1.54) is 0 Å². The zero-order chi connectivity index (χ0) is 13.5. The van der Waals surface area contributed by atoms with Crippen molar-refractivity contribution in [2.24, 2.45) is 5.92 Å². The molecule has 0 saturated carbocycles. The van der Waals surface area contributed by atoms with Crippen LogP contribution in [0.25, 0.3) is 0 Å². The topological polar surface area (TPSA) is 55.2 Å². The maximum absolute atomic E-state index is 10.8. The Bertz CT molecular complexity index is 410. The first-order chi connectivity index (χ1) is 8.54. The molecule has 0 radical (unpaired) electrons. The van der Waals surface area contributed by atoms with Crippen molar-refractivity contribution in [1.29, 1.82) is 0 Å². The van der Waals surface area contributed by atoms with E-state index in [1.807, 2.05) is 17.8 Å². The second-order valence-corrected chi connectivity index (χ2v) is 5.48. The number of hydrogen-bond donors (Lipinski definition) is 1. The third-order valence-electron chi connectivity index (χ3n) is 2.74. The predicted octanol–water partition coefficient (Wildman–Crippen LogP) is 2.99. The number of nitrogens with zero attached hydrogens (tertiary/aromatic N) is 1. The summed E-state index contributed by atoms with van der Waals surface area (Å²) in [6, 6.07) is 5.40. The summed E-state index contributed by atoms with van der Waals surface area (Å²) in [5.74, 6) is 1.74. The van der Waals surface area contributed by atoms with Gasteiger partial charge in [0.05, 0.1) is 4.92 Å². The summed E-state index contributed by atoms with van der Waals surface area (Å²) in [6.07, 6.45) is 2.10. The molecule has 0 heterocycles. The lowest BCUT2D eigenvalue weighted by molar-refractivity contribution is -0.385. The van der Waals surface area contributed by atoms with Gasteiger partial charge in [-0.15, -0.1) is 0 Å². The summed E-state index contributed by atoms with van der Waals surface area (Å²) >= 11 is 1.83. The van der Waals surface area contributed by atoms with Gasteiger partial charge in [0.2, 0.25) is 0 Å². The molecule has 1 rings (SSSR count). The minimum absolute atomic E-state index is 0.200. The normalized spacial score (nSPS) is 12.4. The van der Waals surface area contributed by atoms with Crippen molar-refractivity contribution in [1.82, 2.24) is 5.32 Å². The summed E-state index contributed by atoms with van der Waals surface area (Å²) in [6.45, 7) is 5.57. The number of aryl methyl sites for hydroxylation is 1. The predicted molar refractivity (Wildman–Crippen MR) is 77.1 cm³/mol. The Hall–Kier alpha value is -1.07. The van der Waals surface area contributed by atoms with Crippen molar-refractivity contribution in [2.75, 3.05) is 18.6 Å². The second kappa shape index (κ2) is 7.38. The first-order valence-corrected chi connectivity index (χ1v) is 7.37. The summed E-state index contributed by atoms with van der Waals surface area (Å²) in [5, 5.41) is 14.2.